The van der Waals surface area contributed by atoms with Crippen molar-refractivity contribution in [1.29, 1.82) is 0 Å². The number of benzene rings is 3. The second-order valence-electron chi connectivity index (χ2n) is 9.83. The van der Waals surface area contributed by atoms with Gasteiger partial charge >= 0.3 is 0 Å². The molecule has 3 aromatic carbocycles. The lowest BCUT2D eigenvalue weighted by atomic mass is 10.0. The molecule has 1 aliphatic rings. The van der Waals surface area contributed by atoms with Crippen molar-refractivity contribution >= 4 is 39.9 Å². The molecule has 7 nitrogen and oxygen atoms in total. The number of piperazine rings is 1. The van der Waals surface area contributed by atoms with Crippen molar-refractivity contribution in [3.05, 3.63) is 111 Å². The molecule has 5 rings (SSSR count). The van der Waals surface area contributed by atoms with Gasteiger partial charge in [0.05, 0.1) is 29.9 Å². The molecule has 40 heavy (non-hydrogen) atoms. The van der Waals surface area contributed by atoms with Gasteiger partial charge in [0.25, 0.3) is 11.5 Å². The molecule has 4 aromatic rings. The minimum atomic E-state index is -0.342. The van der Waals surface area contributed by atoms with E-state index < -0.39 is 0 Å². The van der Waals surface area contributed by atoms with E-state index in [9.17, 15) is 19.1 Å². The third-order valence-electron chi connectivity index (χ3n) is 7.25. The summed E-state index contributed by atoms with van der Waals surface area (Å²) < 4.78 is 20.7. The van der Waals surface area contributed by atoms with Crippen LogP contribution in [-0.4, -0.2) is 53.8 Å². The Morgan fingerprint density at radius 1 is 1.05 bits per heavy atom. The second kappa shape index (κ2) is 11.1. The first-order valence-electron chi connectivity index (χ1n) is 12.9. The number of fused-ring (bicyclic) bond motifs is 1. The molecule has 0 radical (unpaired) electrons. The predicted octanol–water partition coefficient (Wildman–Crippen LogP) is 5.44. The van der Waals surface area contributed by atoms with Crippen LogP contribution in [0.4, 0.5) is 10.1 Å². The number of carbonyl (C=O) groups is 1. The lowest BCUT2D eigenvalue weighted by molar-refractivity contribution is 0.0746. The van der Waals surface area contributed by atoms with E-state index in [0.29, 0.717) is 43.0 Å². The highest BCUT2D eigenvalue weighted by Crippen LogP contribution is 2.34. The van der Waals surface area contributed by atoms with E-state index in [-0.39, 0.29) is 40.4 Å². The van der Waals surface area contributed by atoms with E-state index in [2.05, 4.69) is 11.5 Å². The molecule has 1 amide bonds. The van der Waals surface area contributed by atoms with E-state index in [1.54, 1.807) is 27.7 Å². The molecule has 1 aliphatic heterocycles. The number of aryl methyl sites for hydroxylation is 1. The number of hydrogen-bond donors (Lipinski definition) is 1. The first-order valence-corrected chi connectivity index (χ1v) is 13.2. The number of hydrogen-bond acceptors (Lipinski definition) is 5. The zero-order valence-electron chi connectivity index (χ0n) is 22.3. The highest BCUT2D eigenvalue weighted by atomic mass is 35.5. The third-order valence-corrected chi connectivity index (χ3v) is 7.57. The van der Waals surface area contributed by atoms with E-state index in [4.69, 9.17) is 16.3 Å². The van der Waals surface area contributed by atoms with Gasteiger partial charge in [0.1, 0.15) is 22.9 Å². The van der Waals surface area contributed by atoms with Gasteiger partial charge < -0.3 is 24.2 Å². The molecule has 1 aromatic heterocycles. The molecule has 0 aliphatic carbocycles. The fourth-order valence-electron chi connectivity index (χ4n) is 5.13. The van der Waals surface area contributed by atoms with Crippen molar-refractivity contribution in [3.8, 4) is 5.75 Å². The first-order chi connectivity index (χ1) is 19.2. The summed E-state index contributed by atoms with van der Waals surface area (Å²) in [6.45, 7) is 8.04. The molecule has 206 valence electrons. The minimum Gasteiger partial charge on any atom is -0.506 e. The van der Waals surface area contributed by atoms with Crippen molar-refractivity contribution in [2.24, 2.45) is 0 Å². The second-order valence-corrected chi connectivity index (χ2v) is 10.2. The Labute approximate surface area is 236 Å². The van der Waals surface area contributed by atoms with Crippen LogP contribution in [0.1, 0.15) is 27.0 Å². The number of halogens is 2. The number of methoxy groups -OCH3 is 1. The lowest BCUT2D eigenvalue weighted by Crippen LogP contribution is -2.49. The number of phenolic OH excluding ortho intramolecular Hbond substituents is 1. The normalized spacial score (nSPS) is 13.5. The standard InChI is InChI=1S/C31H29ClFN3O4/c1-19-4-11-26-24(16-19)29(28(20(2)40-3)31(39)36(26)18-21-5-8-23(33)9-6-21)34-12-14-35(15-13-34)30(38)22-7-10-25(32)27(37)17-22/h4-11,16-17,37H,2,12-15,18H2,1,3H3. The number of aromatic hydroxyl groups is 1. The van der Waals surface area contributed by atoms with Crippen LogP contribution in [0.5, 0.6) is 5.75 Å². The van der Waals surface area contributed by atoms with Gasteiger partial charge in [0.2, 0.25) is 0 Å². The van der Waals surface area contributed by atoms with Crippen molar-refractivity contribution in [3.63, 3.8) is 0 Å². The van der Waals surface area contributed by atoms with E-state index >= 15 is 0 Å². The summed E-state index contributed by atoms with van der Waals surface area (Å²) >= 11 is 5.90. The number of nitrogens with zero attached hydrogens (tertiary/aromatic N) is 3. The fraction of sp³-hybridized carbons (Fsp3) is 0.226. The van der Waals surface area contributed by atoms with Crippen LogP contribution in [0.25, 0.3) is 16.7 Å². The Morgan fingerprint density at radius 3 is 2.40 bits per heavy atom. The van der Waals surface area contributed by atoms with Crippen molar-refractivity contribution < 1.29 is 19.0 Å². The largest absolute Gasteiger partial charge is 0.506 e. The molecule has 9 heteroatoms. The topological polar surface area (TPSA) is 75.0 Å². The zero-order chi connectivity index (χ0) is 28.6. The number of ether oxygens (including phenoxy) is 1. The fourth-order valence-corrected chi connectivity index (χ4v) is 5.25. The van der Waals surface area contributed by atoms with Gasteiger partial charge in [-0.1, -0.05) is 41.9 Å². The van der Waals surface area contributed by atoms with Crippen LogP contribution in [0, 0.1) is 12.7 Å². The van der Waals surface area contributed by atoms with Gasteiger partial charge in [-0.2, -0.15) is 0 Å². The molecule has 0 atom stereocenters. The highest BCUT2D eigenvalue weighted by Gasteiger charge is 2.28. The van der Waals surface area contributed by atoms with Gasteiger partial charge in [-0.3, -0.25) is 9.59 Å². The summed E-state index contributed by atoms with van der Waals surface area (Å²) in [4.78, 5) is 31.0. The maximum Gasteiger partial charge on any atom is 0.264 e. The van der Waals surface area contributed by atoms with Crippen LogP contribution in [-0.2, 0) is 11.3 Å². The monoisotopic (exact) mass is 561 g/mol. The number of phenols is 1. The molecule has 0 saturated carbocycles. The Bertz CT molecular complexity index is 1680. The van der Waals surface area contributed by atoms with Crippen molar-refractivity contribution in [1.82, 2.24) is 9.47 Å². The maximum absolute atomic E-state index is 14.0. The lowest BCUT2D eigenvalue weighted by Gasteiger charge is -2.38. The van der Waals surface area contributed by atoms with Gasteiger partial charge in [0.15, 0.2) is 0 Å². The summed E-state index contributed by atoms with van der Waals surface area (Å²) in [6, 6.07) is 16.5. The zero-order valence-corrected chi connectivity index (χ0v) is 23.0. The molecule has 2 heterocycles. The Kier molecular flexibility index (Phi) is 7.54. The van der Waals surface area contributed by atoms with E-state index in [1.165, 1.54) is 31.4 Å². The summed E-state index contributed by atoms with van der Waals surface area (Å²) in [5.41, 5.74) is 3.69. The highest BCUT2D eigenvalue weighted by molar-refractivity contribution is 6.32. The summed E-state index contributed by atoms with van der Waals surface area (Å²) in [5.74, 6) is -0.447. The Morgan fingerprint density at radius 2 is 1.75 bits per heavy atom. The SMILES string of the molecule is C=C(OC)c1c(N2CCN(C(=O)c3ccc(Cl)c(O)c3)CC2)c2cc(C)ccc2n(Cc2ccc(F)cc2)c1=O. The van der Waals surface area contributed by atoms with Crippen LogP contribution in [0.3, 0.4) is 0 Å². The van der Waals surface area contributed by atoms with Gasteiger partial charge in [-0.25, -0.2) is 4.39 Å². The molecule has 1 fully saturated rings. The molecular weight excluding hydrogens is 533 g/mol. The Hall–Kier alpha value is -4.30. The number of aromatic nitrogens is 1. The maximum atomic E-state index is 14.0. The molecule has 0 spiro atoms. The number of amides is 1. The van der Waals surface area contributed by atoms with Gasteiger partial charge in [0, 0.05) is 37.1 Å². The number of carbonyl (C=O) groups excluding carboxylic acids is 1. The number of anilines is 1. The van der Waals surface area contributed by atoms with Crippen molar-refractivity contribution in [2.75, 3.05) is 38.2 Å². The average molecular weight is 562 g/mol. The number of rotatable bonds is 6. The first kappa shape index (κ1) is 27.3. The quantitative estimate of drug-likeness (QED) is 0.318. The molecular formula is C31H29ClFN3O4. The van der Waals surface area contributed by atoms with Gasteiger partial charge in [-0.15, -0.1) is 0 Å². The average Bonchev–Trinajstić information content (AvgIpc) is 2.96. The smallest absolute Gasteiger partial charge is 0.264 e. The minimum absolute atomic E-state index is 0.142. The summed E-state index contributed by atoms with van der Waals surface area (Å²) in [5, 5.41) is 11.0. The summed E-state index contributed by atoms with van der Waals surface area (Å²) in [7, 11) is 1.48. The predicted molar refractivity (Wildman–Crippen MR) is 156 cm³/mol. The van der Waals surface area contributed by atoms with E-state index in [0.717, 1.165) is 22.0 Å². The molecule has 1 saturated heterocycles. The summed E-state index contributed by atoms with van der Waals surface area (Å²) in [6.07, 6.45) is 0. The van der Waals surface area contributed by atoms with Gasteiger partial charge in [-0.05, 0) is 55.0 Å². The Balaban J connectivity index is 1.55. The van der Waals surface area contributed by atoms with Crippen LogP contribution in [0.2, 0.25) is 5.02 Å². The third kappa shape index (κ3) is 5.14. The van der Waals surface area contributed by atoms with E-state index in [1.807, 2.05) is 25.1 Å². The molecule has 0 unspecified atom stereocenters. The van der Waals surface area contributed by atoms with Crippen LogP contribution >= 0.6 is 11.6 Å². The molecule has 1 N–H and O–H groups in total. The van der Waals surface area contributed by atoms with Crippen LogP contribution < -0.4 is 10.5 Å². The molecule has 0 bridgehead atoms. The van der Waals surface area contributed by atoms with Crippen LogP contribution in [0.15, 0.2) is 72.0 Å². The number of pyridine rings is 1. The van der Waals surface area contributed by atoms with Crippen molar-refractivity contribution in [2.45, 2.75) is 13.5 Å².